The van der Waals surface area contributed by atoms with Crippen LogP contribution in [0.3, 0.4) is 0 Å². The zero-order valence-electron chi connectivity index (χ0n) is 14.7. The Morgan fingerprint density at radius 3 is 2.60 bits per heavy atom. The first kappa shape index (κ1) is 16.3. The van der Waals surface area contributed by atoms with Gasteiger partial charge in [0.25, 0.3) is 0 Å². The summed E-state index contributed by atoms with van der Waals surface area (Å²) in [5.74, 6) is 1.33. The Kier molecular flexibility index (Phi) is 4.07. The number of nitrogens with two attached hydrogens (primary N) is 1. The molecule has 6 nitrogen and oxygen atoms in total. The van der Waals surface area contributed by atoms with E-state index in [-0.39, 0.29) is 0 Å². The summed E-state index contributed by atoms with van der Waals surface area (Å²) in [5.41, 5.74) is 9.31. The van der Waals surface area contributed by atoms with Crippen molar-refractivity contribution in [2.24, 2.45) is 0 Å². The van der Waals surface area contributed by atoms with Crippen molar-refractivity contribution in [3.05, 3.63) is 40.8 Å². The van der Waals surface area contributed by atoms with E-state index >= 15 is 0 Å². The maximum absolute atomic E-state index is 11.0. The average molecular weight is 339 g/mol. The molecule has 25 heavy (non-hydrogen) atoms. The lowest BCUT2D eigenvalue weighted by Crippen LogP contribution is -2.44. The highest BCUT2D eigenvalue weighted by Gasteiger charge is 2.36. The average Bonchev–Trinajstić information content (AvgIpc) is 2.62. The van der Waals surface area contributed by atoms with Crippen LogP contribution in [-0.4, -0.2) is 33.1 Å². The fourth-order valence-corrected chi connectivity index (χ4v) is 3.94. The second-order valence-corrected chi connectivity index (χ2v) is 7.28. The van der Waals surface area contributed by atoms with Gasteiger partial charge < -0.3 is 15.7 Å². The Balaban J connectivity index is 1.56. The van der Waals surface area contributed by atoms with Gasteiger partial charge in [-0.05, 0) is 57.1 Å². The predicted molar refractivity (Wildman–Crippen MR) is 97.4 cm³/mol. The first-order chi connectivity index (χ1) is 12.0. The first-order valence-electron chi connectivity index (χ1n) is 9.11. The van der Waals surface area contributed by atoms with Gasteiger partial charge in [-0.15, -0.1) is 0 Å². The predicted octanol–water partition coefficient (Wildman–Crippen LogP) is 2.13. The number of aryl methyl sites for hydroxylation is 2. The van der Waals surface area contributed by atoms with Crippen LogP contribution in [0.15, 0.2) is 18.3 Å². The number of fused-ring (bicyclic) bond motifs is 1. The summed E-state index contributed by atoms with van der Waals surface area (Å²) in [6.07, 6.45) is 7.45. The van der Waals surface area contributed by atoms with Gasteiger partial charge in [-0.2, -0.15) is 4.98 Å². The molecule has 0 radical (unpaired) electrons. The van der Waals surface area contributed by atoms with E-state index in [2.05, 4.69) is 19.9 Å². The molecular weight excluding hydrogens is 314 g/mol. The van der Waals surface area contributed by atoms with Crippen LogP contribution < -0.4 is 10.6 Å². The fraction of sp³-hybridized carbons (Fsp3) is 0.526. The maximum atomic E-state index is 11.0. The van der Waals surface area contributed by atoms with Crippen molar-refractivity contribution in [2.45, 2.75) is 51.0 Å². The Morgan fingerprint density at radius 2 is 1.88 bits per heavy atom. The number of aliphatic hydroxyl groups is 1. The Bertz CT molecular complexity index is 766. The molecule has 0 bridgehead atoms. The standard InChI is InChI=1S/C19H25N5O/c1-13-6-7-16(21-12-13)19(25)8-10-24(11-9-19)17-14-4-2-3-5-15(14)22-18(20)23-17/h6-7,12,25H,2-5,8-11H2,1H3,(H2,20,22,23). The lowest BCUT2D eigenvalue weighted by molar-refractivity contribution is 0.00745. The Hall–Kier alpha value is -2.21. The molecule has 3 heterocycles. The van der Waals surface area contributed by atoms with E-state index in [4.69, 9.17) is 5.73 Å². The third kappa shape index (κ3) is 3.06. The zero-order chi connectivity index (χ0) is 17.4. The summed E-state index contributed by atoms with van der Waals surface area (Å²) in [5, 5.41) is 11.0. The normalized spacial score (nSPS) is 19.5. The maximum Gasteiger partial charge on any atom is 0.222 e. The van der Waals surface area contributed by atoms with Gasteiger partial charge in [-0.25, -0.2) is 4.98 Å². The summed E-state index contributed by atoms with van der Waals surface area (Å²) in [6.45, 7) is 3.50. The van der Waals surface area contributed by atoms with E-state index in [0.29, 0.717) is 18.8 Å². The fourth-order valence-electron chi connectivity index (χ4n) is 3.94. The lowest BCUT2D eigenvalue weighted by Gasteiger charge is -2.39. The molecule has 2 aliphatic rings. The Morgan fingerprint density at radius 1 is 1.12 bits per heavy atom. The molecule has 1 saturated heterocycles. The van der Waals surface area contributed by atoms with E-state index in [1.165, 1.54) is 18.4 Å². The SMILES string of the molecule is Cc1ccc(C2(O)CCN(c3nc(N)nc4c3CCCC4)CC2)nc1. The van der Waals surface area contributed by atoms with Crippen molar-refractivity contribution in [1.29, 1.82) is 0 Å². The second-order valence-electron chi connectivity index (χ2n) is 7.28. The van der Waals surface area contributed by atoms with Crippen LogP contribution in [0.2, 0.25) is 0 Å². The molecule has 0 unspecified atom stereocenters. The molecule has 1 aliphatic heterocycles. The molecule has 2 aromatic heterocycles. The molecule has 0 saturated carbocycles. The van der Waals surface area contributed by atoms with Gasteiger partial charge in [0.2, 0.25) is 5.95 Å². The van der Waals surface area contributed by atoms with Gasteiger partial charge in [0.1, 0.15) is 11.4 Å². The van der Waals surface area contributed by atoms with Gasteiger partial charge in [-0.1, -0.05) is 6.07 Å². The molecule has 0 atom stereocenters. The molecule has 0 aromatic carbocycles. The number of hydrogen-bond donors (Lipinski definition) is 2. The number of rotatable bonds is 2. The van der Waals surface area contributed by atoms with Gasteiger partial charge in [0, 0.05) is 24.8 Å². The molecular formula is C19H25N5O. The monoisotopic (exact) mass is 339 g/mol. The van der Waals surface area contributed by atoms with Crippen LogP contribution in [0, 0.1) is 6.92 Å². The van der Waals surface area contributed by atoms with Gasteiger partial charge in [0.05, 0.1) is 11.4 Å². The van der Waals surface area contributed by atoms with Crippen molar-refractivity contribution in [1.82, 2.24) is 15.0 Å². The van der Waals surface area contributed by atoms with Gasteiger partial charge >= 0.3 is 0 Å². The van der Waals surface area contributed by atoms with Gasteiger partial charge in [0.15, 0.2) is 0 Å². The largest absolute Gasteiger partial charge is 0.383 e. The van der Waals surface area contributed by atoms with Crippen molar-refractivity contribution >= 4 is 11.8 Å². The van der Waals surface area contributed by atoms with Crippen molar-refractivity contribution in [2.75, 3.05) is 23.7 Å². The first-order valence-corrected chi connectivity index (χ1v) is 9.11. The van der Waals surface area contributed by atoms with E-state index in [0.717, 1.165) is 48.7 Å². The number of pyridine rings is 1. The summed E-state index contributed by atoms with van der Waals surface area (Å²) in [7, 11) is 0. The smallest absolute Gasteiger partial charge is 0.222 e. The highest BCUT2D eigenvalue weighted by molar-refractivity contribution is 5.53. The molecule has 1 aliphatic carbocycles. The van der Waals surface area contributed by atoms with Crippen molar-refractivity contribution < 1.29 is 5.11 Å². The molecule has 6 heteroatoms. The van der Waals surface area contributed by atoms with Crippen molar-refractivity contribution in [3.8, 4) is 0 Å². The lowest BCUT2D eigenvalue weighted by atomic mass is 9.87. The van der Waals surface area contributed by atoms with E-state index < -0.39 is 5.60 Å². The molecule has 132 valence electrons. The Labute approximate surface area is 148 Å². The molecule has 0 amide bonds. The van der Waals surface area contributed by atoms with Crippen molar-refractivity contribution in [3.63, 3.8) is 0 Å². The summed E-state index contributed by atoms with van der Waals surface area (Å²) >= 11 is 0. The van der Waals surface area contributed by atoms with Gasteiger partial charge in [-0.3, -0.25) is 4.98 Å². The molecule has 3 N–H and O–H groups in total. The highest BCUT2D eigenvalue weighted by atomic mass is 16.3. The number of nitrogens with zero attached hydrogens (tertiary/aromatic N) is 4. The van der Waals surface area contributed by atoms with E-state index in [9.17, 15) is 5.11 Å². The van der Waals surface area contributed by atoms with E-state index in [1.807, 2.05) is 25.3 Å². The molecule has 4 rings (SSSR count). The quantitative estimate of drug-likeness (QED) is 0.871. The minimum absolute atomic E-state index is 0.358. The van der Waals surface area contributed by atoms with Crippen LogP contribution in [0.25, 0.3) is 0 Å². The summed E-state index contributed by atoms with van der Waals surface area (Å²) in [4.78, 5) is 15.7. The topological polar surface area (TPSA) is 88.2 Å². The highest BCUT2D eigenvalue weighted by Crippen LogP contribution is 2.36. The number of piperidine rings is 1. The third-order valence-corrected chi connectivity index (χ3v) is 5.46. The van der Waals surface area contributed by atoms with Crippen LogP contribution >= 0.6 is 0 Å². The number of hydrogen-bond acceptors (Lipinski definition) is 6. The van der Waals surface area contributed by atoms with Crippen LogP contribution in [0.4, 0.5) is 11.8 Å². The van der Waals surface area contributed by atoms with Crippen LogP contribution in [0.5, 0.6) is 0 Å². The third-order valence-electron chi connectivity index (χ3n) is 5.46. The zero-order valence-corrected chi connectivity index (χ0v) is 14.7. The summed E-state index contributed by atoms with van der Waals surface area (Å²) in [6, 6.07) is 3.95. The second kappa shape index (κ2) is 6.26. The van der Waals surface area contributed by atoms with Crippen LogP contribution in [-0.2, 0) is 18.4 Å². The van der Waals surface area contributed by atoms with E-state index in [1.54, 1.807) is 0 Å². The molecule has 2 aromatic rings. The molecule has 0 spiro atoms. The minimum atomic E-state index is -0.858. The summed E-state index contributed by atoms with van der Waals surface area (Å²) < 4.78 is 0. The molecule has 1 fully saturated rings. The minimum Gasteiger partial charge on any atom is -0.383 e. The number of anilines is 2. The van der Waals surface area contributed by atoms with Crippen LogP contribution in [0.1, 0.15) is 48.2 Å². The number of aromatic nitrogens is 3. The number of nitrogen functional groups attached to an aromatic ring is 1.